The monoisotopic (exact) mass is 401 g/mol. The zero-order chi connectivity index (χ0) is 20.7. The molecule has 0 aliphatic carbocycles. The minimum atomic E-state index is 0.216. The molecule has 1 fully saturated rings. The maximum atomic E-state index is 9.23. The predicted octanol–water partition coefficient (Wildman–Crippen LogP) is 4.96. The summed E-state index contributed by atoms with van der Waals surface area (Å²) in [6, 6.07) is 10.1. The molecule has 1 aliphatic heterocycles. The summed E-state index contributed by atoms with van der Waals surface area (Å²) in [6.07, 6.45) is 3.76. The van der Waals surface area contributed by atoms with Crippen LogP contribution in [0, 0.1) is 11.3 Å². The molecule has 0 atom stereocenters. The zero-order valence-electron chi connectivity index (χ0n) is 17.0. The lowest BCUT2D eigenvalue weighted by Crippen LogP contribution is -2.14. The molecule has 5 rings (SSSR count). The Hall–Kier alpha value is -3.37. The first-order chi connectivity index (χ1) is 14.6. The Morgan fingerprint density at radius 2 is 2.07 bits per heavy atom. The molecule has 1 aromatic carbocycles. The van der Waals surface area contributed by atoms with Crippen LogP contribution in [0.15, 0.2) is 35.0 Å². The van der Waals surface area contributed by atoms with E-state index in [1.807, 2.05) is 30.5 Å². The molecule has 0 radical (unpaired) electrons. The average Bonchev–Trinajstić information content (AvgIpc) is 3.39. The molecule has 0 spiro atoms. The molecule has 4 aromatic rings. The second-order valence-electron chi connectivity index (χ2n) is 8.07. The van der Waals surface area contributed by atoms with Crippen molar-refractivity contribution in [3.05, 3.63) is 41.7 Å². The van der Waals surface area contributed by atoms with E-state index >= 15 is 0 Å². The van der Waals surface area contributed by atoms with Gasteiger partial charge in [0.05, 0.1) is 39.6 Å². The number of benzene rings is 1. The van der Waals surface area contributed by atoms with Gasteiger partial charge in [0.25, 0.3) is 0 Å². The fourth-order valence-corrected chi connectivity index (χ4v) is 4.12. The molecule has 30 heavy (non-hydrogen) atoms. The fraction of sp³-hybridized carbons (Fsp3) is 0.348. The summed E-state index contributed by atoms with van der Waals surface area (Å²) in [6.45, 7) is 5.72. The summed E-state index contributed by atoms with van der Waals surface area (Å²) in [4.78, 5) is 8.18. The SMILES string of the molecule is CC(C)Nc1c(-c2cc(C3CCOCC3)no2)cnc2c1[nH]c1cc(C#N)ccc12. The molecule has 1 saturated heterocycles. The number of nitrogens with one attached hydrogen (secondary N) is 2. The Kier molecular flexibility index (Phi) is 4.64. The second-order valence-corrected chi connectivity index (χ2v) is 8.07. The van der Waals surface area contributed by atoms with Gasteiger partial charge in [-0.3, -0.25) is 4.98 Å². The van der Waals surface area contributed by atoms with Crippen molar-refractivity contribution in [3.63, 3.8) is 0 Å². The molecular formula is C23H23N5O2. The van der Waals surface area contributed by atoms with E-state index in [0.29, 0.717) is 17.2 Å². The molecule has 4 heterocycles. The number of hydrogen-bond donors (Lipinski definition) is 2. The van der Waals surface area contributed by atoms with Gasteiger partial charge in [0, 0.05) is 48.3 Å². The summed E-state index contributed by atoms with van der Waals surface area (Å²) in [5.74, 6) is 1.07. The van der Waals surface area contributed by atoms with Crippen LogP contribution in [-0.4, -0.2) is 34.4 Å². The smallest absolute Gasteiger partial charge is 0.170 e. The van der Waals surface area contributed by atoms with Crippen molar-refractivity contribution in [2.24, 2.45) is 0 Å². The number of H-pyrrole nitrogens is 1. The van der Waals surface area contributed by atoms with E-state index in [1.165, 1.54) is 0 Å². The Labute approximate surface area is 174 Å². The Balaban J connectivity index is 1.65. The first-order valence-corrected chi connectivity index (χ1v) is 10.3. The van der Waals surface area contributed by atoms with Crippen molar-refractivity contribution in [1.29, 1.82) is 5.26 Å². The van der Waals surface area contributed by atoms with Crippen LogP contribution in [0.3, 0.4) is 0 Å². The molecule has 0 amide bonds. The number of aromatic nitrogens is 3. The van der Waals surface area contributed by atoms with Crippen LogP contribution >= 0.6 is 0 Å². The number of pyridine rings is 1. The van der Waals surface area contributed by atoms with Gasteiger partial charge in [-0.15, -0.1) is 0 Å². The maximum absolute atomic E-state index is 9.23. The van der Waals surface area contributed by atoms with Crippen molar-refractivity contribution < 1.29 is 9.26 Å². The largest absolute Gasteiger partial charge is 0.381 e. The molecule has 1 aliphatic rings. The Morgan fingerprint density at radius 3 is 2.83 bits per heavy atom. The number of anilines is 1. The number of aromatic amines is 1. The highest BCUT2D eigenvalue weighted by Gasteiger charge is 2.23. The maximum Gasteiger partial charge on any atom is 0.170 e. The number of rotatable bonds is 4. The third-order valence-electron chi connectivity index (χ3n) is 5.61. The van der Waals surface area contributed by atoms with E-state index in [-0.39, 0.29) is 6.04 Å². The number of nitriles is 1. The lowest BCUT2D eigenvalue weighted by atomic mass is 9.96. The highest BCUT2D eigenvalue weighted by Crippen LogP contribution is 2.38. The second kappa shape index (κ2) is 7.47. The first kappa shape index (κ1) is 18.6. The molecule has 0 bridgehead atoms. The van der Waals surface area contributed by atoms with Gasteiger partial charge < -0.3 is 19.6 Å². The Bertz CT molecular complexity index is 1260. The van der Waals surface area contributed by atoms with E-state index in [4.69, 9.17) is 14.2 Å². The van der Waals surface area contributed by atoms with Gasteiger partial charge in [0.15, 0.2) is 5.76 Å². The summed E-state index contributed by atoms with van der Waals surface area (Å²) in [5.41, 5.74) is 6.04. The zero-order valence-corrected chi connectivity index (χ0v) is 17.0. The topological polar surface area (TPSA) is 99.8 Å². The van der Waals surface area contributed by atoms with Crippen LogP contribution in [-0.2, 0) is 4.74 Å². The van der Waals surface area contributed by atoms with Crippen LogP contribution < -0.4 is 5.32 Å². The highest BCUT2D eigenvalue weighted by atomic mass is 16.5. The summed E-state index contributed by atoms with van der Waals surface area (Å²) < 4.78 is 11.2. The van der Waals surface area contributed by atoms with E-state index in [0.717, 1.165) is 64.9 Å². The van der Waals surface area contributed by atoms with Crippen LogP contribution in [0.25, 0.3) is 33.3 Å². The van der Waals surface area contributed by atoms with Crippen LogP contribution in [0.4, 0.5) is 5.69 Å². The third-order valence-corrected chi connectivity index (χ3v) is 5.61. The van der Waals surface area contributed by atoms with Gasteiger partial charge in [0.2, 0.25) is 0 Å². The van der Waals surface area contributed by atoms with Gasteiger partial charge in [-0.25, -0.2) is 0 Å². The molecule has 0 unspecified atom stereocenters. The van der Waals surface area contributed by atoms with Crippen LogP contribution in [0.5, 0.6) is 0 Å². The fourth-order valence-electron chi connectivity index (χ4n) is 4.12. The average molecular weight is 401 g/mol. The Morgan fingerprint density at radius 1 is 1.23 bits per heavy atom. The van der Waals surface area contributed by atoms with Gasteiger partial charge in [-0.2, -0.15) is 5.26 Å². The number of hydrogen-bond acceptors (Lipinski definition) is 6. The van der Waals surface area contributed by atoms with Crippen molar-refractivity contribution in [3.8, 4) is 17.4 Å². The normalized spacial score (nSPS) is 15.1. The molecule has 7 heteroatoms. The van der Waals surface area contributed by atoms with Crippen molar-refractivity contribution in [2.75, 3.05) is 18.5 Å². The summed E-state index contributed by atoms with van der Waals surface area (Å²) in [7, 11) is 0. The van der Waals surface area contributed by atoms with Gasteiger partial charge in [-0.1, -0.05) is 5.16 Å². The first-order valence-electron chi connectivity index (χ1n) is 10.3. The molecule has 7 nitrogen and oxygen atoms in total. The lowest BCUT2D eigenvalue weighted by molar-refractivity contribution is 0.0838. The summed E-state index contributed by atoms with van der Waals surface area (Å²) >= 11 is 0. The molecule has 0 saturated carbocycles. The van der Waals surface area contributed by atoms with Gasteiger partial charge in [-0.05, 0) is 44.9 Å². The van der Waals surface area contributed by atoms with Crippen molar-refractivity contribution >= 4 is 27.6 Å². The molecule has 3 aromatic heterocycles. The van der Waals surface area contributed by atoms with Gasteiger partial charge in [0.1, 0.15) is 0 Å². The minimum Gasteiger partial charge on any atom is -0.381 e. The van der Waals surface area contributed by atoms with E-state index in [2.05, 4.69) is 35.4 Å². The van der Waals surface area contributed by atoms with Crippen LogP contribution in [0.2, 0.25) is 0 Å². The molecule has 152 valence electrons. The lowest BCUT2D eigenvalue weighted by Gasteiger charge is -2.19. The molecular weight excluding hydrogens is 378 g/mol. The summed E-state index contributed by atoms with van der Waals surface area (Å²) in [5, 5.41) is 18.1. The highest BCUT2D eigenvalue weighted by molar-refractivity contribution is 6.11. The standard InChI is InChI=1S/C23H23N5O2/c1-13(2)26-22-17(20-10-18(28-30-20)15-5-7-29-8-6-15)12-25-21-16-4-3-14(11-24)9-19(16)27-23(21)22/h3-4,9-10,12-13,15,27H,5-8H2,1-2H3,(H,25,26). The minimum absolute atomic E-state index is 0.216. The number of ether oxygens (including phenoxy) is 1. The third kappa shape index (κ3) is 3.19. The van der Waals surface area contributed by atoms with Crippen molar-refractivity contribution in [1.82, 2.24) is 15.1 Å². The van der Waals surface area contributed by atoms with Gasteiger partial charge >= 0.3 is 0 Å². The van der Waals surface area contributed by atoms with E-state index in [1.54, 1.807) is 0 Å². The number of fused-ring (bicyclic) bond motifs is 3. The predicted molar refractivity (Wildman–Crippen MR) is 115 cm³/mol. The van der Waals surface area contributed by atoms with E-state index < -0.39 is 0 Å². The van der Waals surface area contributed by atoms with Crippen LogP contribution in [0.1, 0.15) is 43.9 Å². The quantitative estimate of drug-likeness (QED) is 0.501. The molecule has 2 N–H and O–H groups in total. The van der Waals surface area contributed by atoms with E-state index in [9.17, 15) is 5.26 Å². The number of nitrogens with zero attached hydrogens (tertiary/aromatic N) is 3. The van der Waals surface area contributed by atoms with Crippen molar-refractivity contribution in [2.45, 2.75) is 38.6 Å².